The van der Waals surface area contributed by atoms with Crippen LogP contribution in [0.1, 0.15) is 6.92 Å². The van der Waals surface area contributed by atoms with Crippen molar-refractivity contribution in [1.29, 1.82) is 0 Å². The third-order valence-corrected chi connectivity index (χ3v) is 2.50. The number of halogens is 2. The van der Waals surface area contributed by atoms with Crippen molar-refractivity contribution in [1.82, 2.24) is 4.98 Å². The van der Waals surface area contributed by atoms with E-state index in [0.717, 1.165) is 12.2 Å². The molecule has 0 spiro atoms. The van der Waals surface area contributed by atoms with Crippen LogP contribution in [0.15, 0.2) is 18.5 Å². The average Bonchev–Trinajstić information content (AvgIpc) is 2.16. The van der Waals surface area contributed by atoms with Crippen molar-refractivity contribution in [2.75, 3.05) is 17.7 Å². The van der Waals surface area contributed by atoms with Gasteiger partial charge in [0, 0.05) is 24.8 Å². The number of nitrogens with one attached hydrogen (secondary N) is 1. The first-order chi connectivity index (χ1) is 6.24. The summed E-state index contributed by atoms with van der Waals surface area (Å²) in [6.07, 6.45) is 3.33. The van der Waals surface area contributed by atoms with Crippen LogP contribution in [-0.2, 0) is 0 Å². The topological polar surface area (TPSA) is 24.9 Å². The fraction of sp³-hybridized carbons (Fsp3) is 0.444. The highest BCUT2D eigenvalue weighted by Gasteiger charge is 2.01. The molecule has 1 heterocycles. The zero-order chi connectivity index (χ0) is 9.68. The van der Waals surface area contributed by atoms with Gasteiger partial charge in [-0.1, -0.05) is 18.5 Å². The Morgan fingerprint density at radius 2 is 2.38 bits per heavy atom. The van der Waals surface area contributed by atoms with Gasteiger partial charge in [-0.25, -0.2) is 0 Å². The molecule has 0 aromatic carbocycles. The maximum absolute atomic E-state index is 5.89. The van der Waals surface area contributed by atoms with Crippen LogP contribution in [0.25, 0.3) is 0 Å². The number of nitrogens with zero attached hydrogens (tertiary/aromatic N) is 1. The molecule has 13 heavy (non-hydrogen) atoms. The van der Waals surface area contributed by atoms with Gasteiger partial charge in [-0.15, -0.1) is 11.6 Å². The molecule has 0 amide bonds. The molecular formula is C9H12Cl2N2. The van der Waals surface area contributed by atoms with Crippen LogP contribution in [0, 0.1) is 5.92 Å². The Morgan fingerprint density at radius 3 is 3.00 bits per heavy atom. The summed E-state index contributed by atoms with van der Waals surface area (Å²) >= 11 is 11.6. The second-order valence-corrected chi connectivity index (χ2v) is 3.71. The summed E-state index contributed by atoms with van der Waals surface area (Å²) in [4.78, 5) is 3.89. The number of hydrogen-bond donors (Lipinski definition) is 1. The molecule has 0 radical (unpaired) electrons. The minimum atomic E-state index is 0.436. The van der Waals surface area contributed by atoms with E-state index in [1.54, 1.807) is 12.4 Å². The lowest BCUT2D eigenvalue weighted by Crippen LogP contribution is -2.12. The predicted molar refractivity (Wildman–Crippen MR) is 57.6 cm³/mol. The van der Waals surface area contributed by atoms with Crippen molar-refractivity contribution >= 4 is 28.9 Å². The van der Waals surface area contributed by atoms with Crippen LogP contribution in [0.3, 0.4) is 0 Å². The minimum Gasteiger partial charge on any atom is -0.383 e. The number of hydrogen-bond acceptors (Lipinski definition) is 2. The van der Waals surface area contributed by atoms with E-state index in [1.807, 2.05) is 6.07 Å². The summed E-state index contributed by atoms with van der Waals surface area (Å²) in [6.45, 7) is 2.91. The lowest BCUT2D eigenvalue weighted by molar-refractivity contribution is 0.696. The number of anilines is 1. The molecule has 1 unspecified atom stereocenters. The molecule has 0 aliphatic carbocycles. The Hall–Kier alpha value is -0.470. The molecular weight excluding hydrogens is 207 g/mol. The van der Waals surface area contributed by atoms with Crippen LogP contribution in [0.2, 0.25) is 5.02 Å². The first kappa shape index (κ1) is 10.6. The van der Waals surface area contributed by atoms with Crippen LogP contribution in [-0.4, -0.2) is 17.4 Å². The average molecular weight is 219 g/mol. The molecule has 2 nitrogen and oxygen atoms in total. The Morgan fingerprint density at radius 1 is 1.62 bits per heavy atom. The van der Waals surface area contributed by atoms with E-state index in [4.69, 9.17) is 23.2 Å². The van der Waals surface area contributed by atoms with E-state index < -0.39 is 0 Å². The molecule has 1 N–H and O–H groups in total. The quantitative estimate of drug-likeness (QED) is 0.787. The van der Waals surface area contributed by atoms with Gasteiger partial charge >= 0.3 is 0 Å². The SMILES string of the molecule is CC(CCl)CNc1ccncc1Cl. The van der Waals surface area contributed by atoms with Gasteiger partial charge in [0.25, 0.3) is 0 Å². The van der Waals surface area contributed by atoms with E-state index in [0.29, 0.717) is 16.8 Å². The van der Waals surface area contributed by atoms with Crippen molar-refractivity contribution in [3.05, 3.63) is 23.5 Å². The third kappa shape index (κ3) is 3.41. The molecule has 1 aromatic rings. The predicted octanol–water partition coefficient (Wildman–Crippen LogP) is 3.02. The highest BCUT2D eigenvalue weighted by atomic mass is 35.5. The molecule has 0 saturated carbocycles. The molecule has 0 fully saturated rings. The standard InChI is InChI=1S/C9H12Cl2N2/c1-7(4-10)5-13-9-2-3-12-6-8(9)11/h2-3,6-7H,4-5H2,1H3,(H,12,13). The second-order valence-electron chi connectivity index (χ2n) is 3.00. The lowest BCUT2D eigenvalue weighted by Gasteiger charge is -2.11. The van der Waals surface area contributed by atoms with Gasteiger partial charge in [0.1, 0.15) is 0 Å². The largest absolute Gasteiger partial charge is 0.383 e. The van der Waals surface area contributed by atoms with Gasteiger partial charge in [-0.2, -0.15) is 0 Å². The number of aromatic nitrogens is 1. The molecule has 0 bridgehead atoms. The number of alkyl halides is 1. The normalized spacial score (nSPS) is 12.5. The molecule has 4 heteroatoms. The van der Waals surface area contributed by atoms with Crippen LogP contribution >= 0.6 is 23.2 Å². The first-order valence-electron chi connectivity index (χ1n) is 4.13. The molecule has 1 rings (SSSR count). The van der Waals surface area contributed by atoms with Gasteiger partial charge in [-0.3, -0.25) is 4.98 Å². The molecule has 72 valence electrons. The van der Waals surface area contributed by atoms with Crippen LogP contribution < -0.4 is 5.32 Å². The van der Waals surface area contributed by atoms with Crippen LogP contribution in [0.4, 0.5) is 5.69 Å². The van der Waals surface area contributed by atoms with Crippen molar-refractivity contribution in [3.8, 4) is 0 Å². The maximum Gasteiger partial charge on any atom is 0.0820 e. The van der Waals surface area contributed by atoms with E-state index in [9.17, 15) is 0 Å². The summed E-state index contributed by atoms with van der Waals surface area (Å²) in [6, 6.07) is 1.85. The molecule has 1 aromatic heterocycles. The summed E-state index contributed by atoms with van der Waals surface area (Å²) in [7, 11) is 0. The van der Waals surface area contributed by atoms with E-state index in [1.165, 1.54) is 0 Å². The highest BCUT2D eigenvalue weighted by molar-refractivity contribution is 6.33. The molecule has 0 saturated heterocycles. The Bertz CT molecular complexity index is 266. The zero-order valence-corrected chi connectivity index (χ0v) is 8.94. The smallest absolute Gasteiger partial charge is 0.0820 e. The second kappa shape index (κ2) is 5.30. The number of rotatable bonds is 4. The minimum absolute atomic E-state index is 0.436. The van der Waals surface area contributed by atoms with Gasteiger partial charge in [-0.05, 0) is 12.0 Å². The third-order valence-electron chi connectivity index (χ3n) is 1.68. The summed E-state index contributed by atoms with van der Waals surface area (Å²) in [5.41, 5.74) is 0.911. The van der Waals surface area contributed by atoms with E-state index in [-0.39, 0.29) is 0 Å². The van der Waals surface area contributed by atoms with E-state index >= 15 is 0 Å². The Labute approximate surface area is 88.3 Å². The maximum atomic E-state index is 5.89. The molecule has 0 aliphatic heterocycles. The fourth-order valence-electron chi connectivity index (χ4n) is 0.857. The van der Waals surface area contributed by atoms with Gasteiger partial charge < -0.3 is 5.32 Å². The number of pyridine rings is 1. The summed E-state index contributed by atoms with van der Waals surface area (Å²) in [5, 5.41) is 3.85. The van der Waals surface area contributed by atoms with Gasteiger partial charge in [0.2, 0.25) is 0 Å². The van der Waals surface area contributed by atoms with E-state index in [2.05, 4.69) is 17.2 Å². The molecule has 1 atom stereocenters. The summed E-state index contributed by atoms with van der Waals surface area (Å²) < 4.78 is 0. The van der Waals surface area contributed by atoms with Crippen molar-refractivity contribution in [2.24, 2.45) is 5.92 Å². The molecule has 0 aliphatic rings. The van der Waals surface area contributed by atoms with Crippen LogP contribution in [0.5, 0.6) is 0 Å². The highest BCUT2D eigenvalue weighted by Crippen LogP contribution is 2.19. The fourth-order valence-corrected chi connectivity index (χ4v) is 1.15. The van der Waals surface area contributed by atoms with Gasteiger partial charge in [0.15, 0.2) is 0 Å². The monoisotopic (exact) mass is 218 g/mol. The Balaban J connectivity index is 2.50. The summed E-state index contributed by atoms with van der Waals surface area (Å²) in [5.74, 6) is 1.08. The first-order valence-corrected chi connectivity index (χ1v) is 5.04. The van der Waals surface area contributed by atoms with Crippen molar-refractivity contribution in [3.63, 3.8) is 0 Å². The van der Waals surface area contributed by atoms with Crippen molar-refractivity contribution in [2.45, 2.75) is 6.92 Å². The van der Waals surface area contributed by atoms with Crippen molar-refractivity contribution < 1.29 is 0 Å². The van der Waals surface area contributed by atoms with Gasteiger partial charge in [0.05, 0.1) is 10.7 Å². The lowest BCUT2D eigenvalue weighted by atomic mass is 10.2. The zero-order valence-electron chi connectivity index (χ0n) is 7.43. The Kier molecular flexibility index (Phi) is 4.33.